The molecule has 0 fully saturated rings. The lowest BCUT2D eigenvalue weighted by molar-refractivity contribution is 0.104. The van der Waals surface area contributed by atoms with Crippen molar-refractivity contribution < 1.29 is 34.8 Å². The fourth-order valence-electron chi connectivity index (χ4n) is 2.34. The van der Waals surface area contributed by atoms with Crippen LogP contribution >= 0.6 is 18.2 Å². The number of aromatic hydroxyl groups is 2. The summed E-state index contributed by atoms with van der Waals surface area (Å²) in [4.78, 5) is 18.4. The first-order valence-corrected chi connectivity index (χ1v) is 9.90. The lowest BCUT2D eigenvalue weighted by Crippen LogP contribution is -2.15. The van der Waals surface area contributed by atoms with Gasteiger partial charge in [0.05, 0.1) is 12.7 Å². The minimum absolute atomic E-state index is 0.0427. The topological polar surface area (TPSA) is 138 Å². The van der Waals surface area contributed by atoms with Crippen molar-refractivity contribution >= 4 is 18.2 Å². The van der Waals surface area contributed by atoms with E-state index < -0.39 is 25.4 Å². The average Bonchev–Trinajstić information content (AvgIpc) is 2.48. The van der Waals surface area contributed by atoms with Gasteiger partial charge in [0.2, 0.25) is 0 Å². The highest BCUT2D eigenvalue weighted by molar-refractivity contribution is 8.54. The van der Waals surface area contributed by atoms with E-state index in [1.807, 2.05) is 0 Å². The second-order valence-corrected chi connectivity index (χ2v) is 8.71. The third kappa shape index (κ3) is 4.73. The molecule has 2 unspecified atom stereocenters. The van der Waals surface area contributed by atoms with E-state index in [1.165, 1.54) is 30.3 Å². The highest BCUT2D eigenvalue weighted by atomic mass is 32.7. The van der Waals surface area contributed by atoms with Crippen molar-refractivity contribution in [3.63, 3.8) is 0 Å². The summed E-state index contributed by atoms with van der Waals surface area (Å²) in [5.41, 5.74) is 0.520. The molecule has 0 spiro atoms. The summed E-state index contributed by atoms with van der Waals surface area (Å²) < 4.78 is 11.2. The maximum Gasteiger partial charge on any atom is 0.388 e. The second-order valence-electron chi connectivity index (χ2n) is 5.13. The second kappa shape index (κ2) is 7.57. The number of aliphatic hydroxyl groups excluding tert-OH is 2. The van der Waals surface area contributed by atoms with Gasteiger partial charge in [0.15, 0.2) is 0 Å². The lowest BCUT2D eigenvalue weighted by Gasteiger charge is -2.24. The summed E-state index contributed by atoms with van der Waals surface area (Å²) in [6.07, 6.45) is -1.35. The van der Waals surface area contributed by atoms with Crippen molar-refractivity contribution in [2.24, 2.45) is 0 Å². The van der Waals surface area contributed by atoms with Gasteiger partial charge in [-0.2, -0.15) is 0 Å². The standard InChI is InChI=1S/C15H17O7PS/c16-8-13(9-2-1-3-10(17)6-9)15(19)12-7-11(18)4-5-14(12)24-23(20,21)22/h1-7,13,15-19H,8H2,(H2,20,21,22). The van der Waals surface area contributed by atoms with Crippen molar-refractivity contribution in [2.45, 2.75) is 16.9 Å². The summed E-state index contributed by atoms with van der Waals surface area (Å²) in [5.74, 6) is -1.08. The molecule has 0 amide bonds. The maximum absolute atomic E-state index is 11.2. The molecule has 0 aliphatic rings. The van der Waals surface area contributed by atoms with Gasteiger partial charge in [-0.05, 0) is 52.8 Å². The summed E-state index contributed by atoms with van der Waals surface area (Å²) in [6.45, 7) is -4.94. The van der Waals surface area contributed by atoms with Gasteiger partial charge in [-0.1, -0.05) is 12.1 Å². The number of rotatable bonds is 6. The van der Waals surface area contributed by atoms with Crippen molar-refractivity contribution in [1.29, 1.82) is 0 Å². The summed E-state index contributed by atoms with van der Waals surface area (Å²) in [7, 11) is 0. The van der Waals surface area contributed by atoms with Crippen LogP contribution in [0, 0.1) is 0 Å². The maximum atomic E-state index is 11.2. The van der Waals surface area contributed by atoms with Crippen molar-refractivity contribution in [3.05, 3.63) is 53.6 Å². The monoisotopic (exact) mass is 372 g/mol. The molecule has 0 aliphatic carbocycles. The summed E-state index contributed by atoms with van der Waals surface area (Å²) in [5, 5.41) is 39.4. The van der Waals surface area contributed by atoms with Crippen molar-refractivity contribution in [2.75, 3.05) is 6.61 Å². The van der Waals surface area contributed by atoms with Crippen LogP contribution < -0.4 is 0 Å². The molecule has 6 N–H and O–H groups in total. The highest BCUT2D eigenvalue weighted by Crippen LogP contribution is 2.56. The number of hydrogen-bond donors (Lipinski definition) is 6. The van der Waals surface area contributed by atoms with E-state index >= 15 is 0 Å². The van der Waals surface area contributed by atoms with Crippen LogP contribution in [0.25, 0.3) is 0 Å². The van der Waals surface area contributed by atoms with E-state index in [1.54, 1.807) is 12.1 Å². The Bertz CT molecular complexity index is 761. The fourth-order valence-corrected chi connectivity index (χ4v) is 4.28. The van der Waals surface area contributed by atoms with Gasteiger partial charge in [-0.15, -0.1) is 0 Å². The number of benzene rings is 2. The van der Waals surface area contributed by atoms with Gasteiger partial charge in [0.1, 0.15) is 11.5 Å². The SMILES string of the molecule is O=P(O)(O)Sc1ccc(O)cc1C(O)C(CO)c1cccc(O)c1. The van der Waals surface area contributed by atoms with E-state index in [0.717, 1.165) is 0 Å². The third-order valence-electron chi connectivity index (χ3n) is 3.41. The van der Waals surface area contributed by atoms with Crippen LogP contribution in [0.4, 0.5) is 0 Å². The van der Waals surface area contributed by atoms with Crippen LogP contribution in [0.5, 0.6) is 11.5 Å². The Labute approximate surface area is 142 Å². The molecule has 0 aliphatic heterocycles. The van der Waals surface area contributed by atoms with E-state index in [-0.39, 0.29) is 33.3 Å². The Balaban J connectivity index is 2.44. The molecule has 7 nitrogen and oxygen atoms in total. The molecule has 0 saturated heterocycles. The summed E-state index contributed by atoms with van der Waals surface area (Å²) in [6, 6.07) is 9.69. The van der Waals surface area contributed by atoms with Crippen molar-refractivity contribution in [3.8, 4) is 11.5 Å². The van der Waals surface area contributed by atoms with Gasteiger partial charge in [-0.3, -0.25) is 0 Å². The predicted molar refractivity (Wildman–Crippen MR) is 88.9 cm³/mol. The first-order chi connectivity index (χ1) is 11.2. The Morgan fingerprint density at radius 1 is 1.04 bits per heavy atom. The Kier molecular flexibility index (Phi) is 5.92. The minimum atomic E-state index is -4.47. The van der Waals surface area contributed by atoms with E-state index in [4.69, 9.17) is 9.79 Å². The van der Waals surface area contributed by atoms with E-state index in [9.17, 15) is 25.0 Å². The molecule has 0 saturated carbocycles. The molecule has 0 radical (unpaired) electrons. The van der Waals surface area contributed by atoms with Gasteiger partial charge in [0, 0.05) is 10.8 Å². The number of hydrogen-bond acceptors (Lipinski definition) is 6. The molecule has 0 heterocycles. The molecular weight excluding hydrogens is 355 g/mol. The zero-order valence-corrected chi connectivity index (χ0v) is 14.1. The van der Waals surface area contributed by atoms with Gasteiger partial charge in [0.25, 0.3) is 0 Å². The smallest absolute Gasteiger partial charge is 0.388 e. The quantitative estimate of drug-likeness (QED) is 0.424. The largest absolute Gasteiger partial charge is 0.508 e. The van der Waals surface area contributed by atoms with Crippen LogP contribution in [0.3, 0.4) is 0 Å². The Morgan fingerprint density at radius 2 is 1.71 bits per heavy atom. The third-order valence-corrected chi connectivity index (χ3v) is 5.52. The zero-order valence-electron chi connectivity index (χ0n) is 12.4. The lowest BCUT2D eigenvalue weighted by atomic mass is 9.89. The Hall–Kier alpha value is -1.54. The molecule has 2 rings (SSSR count). The molecule has 9 heteroatoms. The van der Waals surface area contributed by atoms with Crippen LogP contribution in [0.15, 0.2) is 47.4 Å². The molecule has 2 aromatic rings. The zero-order chi connectivity index (χ0) is 17.9. The molecule has 0 bridgehead atoms. The predicted octanol–water partition coefficient (Wildman–Crippen LogP) is 2.09. The molecular formula is C15H17O7PS. The van der Waals surface area contributed by atoms with Crippen LogP contribution in [0.2, 0.25) is 0 Å². The number of phenols is 2. The molecule has 2 atom stereocenters. The minimum Gasteiger partial charge on any atom is -0.508 e. The van der Waals surface area contributed by atoms with Crippen molar-refractivity contribution in [1.82, 2.24) is 0 Å². The highest BCUT2D eigenvalue weighted by Gasteiger charge is 2.28. The molecule has 24 heavy (non-hydrogen) atoms. The van der Waals surface area contributed by atoms with Crippen LogP contribution in [0.1, 0.15) is 23.1 Å². The van der Waals surface area contributed by atoms with E-state index in [0.29, 0.717) is 5.56 Å². The molecule has 0 aromatic heterocycles. The Morgan fingerprint density at radius 3 is 2.29 bits per heavy atom. The van der Waals surface area contributed by atoms with E-state index in [2.05, 4.69) is 0 Å². The van der Waals surface area contributed by atoms with Gasteiger partial charge in [-0.25, -0.2) is 4.57 Å². The van der Waals surface area contributed by atoms with Crippen LogP contribution in [-0.4, -0.2) is 36.8 Å². The first kappa shape index (κ1) is 18.8. The normalized spacial score (nSPS) is 14.3. The first-order valence-electron chi connectivity index (χ1n) is 6.87. The number of phenolic OH excluding ortho intramolecular Hbond substituents is 2. The average molecular weight is 372 g/mol. The number of aliphatic hydroxyl groups is 2. The van der Waals surface area contributed by atoms with Crippen LogP contribution in [-0.2, 0) is 4.57 Å². The van der Waals surface area contributed by atoms with Gasteiger partial charge < -0.3 is 30.2 Å². The molecule has 2 aromatic carbocycles. The fraction of sp³-hybridized carbons (Fsp3) is 0.200. The summed E-state index contributed by atoms with van der Waals surface area (Å²) >= 11 is 0.255. The van der Waals surface area contributed by atoms with Gasteiger partial charge >= 0.3 is 6.80 Å². The molecule has 130 valence electrons.